The van der Waals surface area contributed by atoms with Gasteiger partial charge in [-0.3, -0.25) is 14.7 Å². The highest BCUT2D eigenvalue weighted by atomic mass is 79.9. The second-order valence-electron chi connectivity index (χ2n) is 5.29. The van der Waals surface area contributed by atoms with E-state index < -0.39 is 0 Å². The van der Waals surface area contributed by atoms with E-state index >= 15 is 0 Å². The molecular formula is C18H17BrN2OS. The van der Waals surface area contributed by atoms with Gasteiger partial charge in [-0.05, 0) is 23.3 Å². The fourth-order valence-corrected chi connectivity index (χ4v) is 3.66. The molecule has 2 aromatic carbocycles. The summed E-state index contributed by atoms with van der Waals surface area (Å²) < 4.78 is 1.07. The molecule has 1 heterocycles. The SMILES string of the molecule is O=C(Cc1ccccc1)N1CCN=C1SCc1ccc(Br)cc1. The summed E-state index contributed by atoms with van der Waals surface area (Å²) in [5, 5.41) is 0.842. The van der Waals surface area contributed by atoms with Crippen molar-refractivity contribution >= 4 is 38.8 Å². The topological polar surface area (TPSA) is 32.7 Å². The zero-order chi connectivity index (χ0) is 16.1. The molecule has 0 fully saturated rings. The van der Waals surface area contributed by atoms with E-state index in [-0.39, 0.29) is 5.91 Å². The summed E-state index contributed by atoms with van der Waals surface area (Å²) >= 11 is 5.07. The lowest BCUT2D eigenvalue weighted by Gasteiger charge is -2.18. The van der Waals surface area contributed by atoms with Crippen molar-refractivity contribution in [2.45, 2.75) is 12.2 Å². The minimum absolute atomic E-state index is 0.121. The summed E-state index contributed by atoms with van der Waals surface area (Å²) in [4.78, 5) is 18.8. The minimum Gasteiger partial charge on any atom is -0.289 e. The predicted molar refractivity (Wildman–Crippen MR) is 99.6 cm³/mol. The second-order valence-corrected chi connectivity index (χ2v) is 7.15. The van der Waals surface area contributed by atoms with Gasteiger partial charge in [0.15, 0.2) is 5.17 Å². The highest BCUT2D eigenvalue weighted by Crippen LogP contribution is 2.21. The molecule has 2 aromatic rings. The summed E-state index contributed by atoms with van der Waals surface area (Å²) in [7, 11) is 0. The van der Waals surface area contributed by atoms with Crippen LogP contribution in [-0.2, 0) is 17.0 Å². The number of carbonyl (C=O) groups excluding carboxylic acids is 1. The number of aliphatic imine (C=N–C) groups is 1. The molecule has 0 radical (unpaired) electrons. The van der Waals surface area contributed by atoms with Crippen LogP contribution in [0.4, 0.5) is 0 Å². The van der Waals surface area contributed by atoms with E-state index in [4.69, 9.17) is 0 Å². The molecule has 0 bridgehead atoms. The standard InChI is InChI=1S/C18H17BrN2OS/c19-16-8-6-15(7-9-16)13-23-18-20-10-11-21(18)17(22)12-14-4-2-1-3-5-14/h1-9H,10-13H2. The number of halogens is 1. The van der Waals surface area contributed by atoms with Gasteiger partial charge in [-0.1, -0.05) is 70.2 Å². The van der Waals surface area contributed by atoms with Gasteiger partial charge in [0.2, 0.25) is 5.91 Å². The third-order valence-corrected chi connectivity index (χ3v) is 5.20. The van der Waals surface area contributed by atoms with Gasteiger partial charge in [0.1, 0.15) is 0 Å². The molecular weight excluding hydrogens is 372 g/mol. The highest BCUT2D eigenvalue weighted by molar-refractivity contribution is 9.10. The summed E-state index contributed by atoms with van der Waals surface area (Å²) in [6.07, 6.45) is 0.429. The number of hydrogen-bond donors (Lipinski definition) is 0. The van der Waals surface area contributed by atoms with Crippen molar-refractivity contribution in [2.24, 2.45) is 4.99 Å². The molecule has 5 heteroatoms. The average Bonchev–Trinajstić information content (AvgIpc) is 3.04. The second kappa shape index (κ2) is 7.79. The van der Waals surface area contributed by atoms with E-state index in [1.165, 1.54) is 5.56 Å². The molecule has 118 valence electrons. The number of carbonyl (C=O) groups is 1. The first kappa shape index (κ1) is 16.3. The van der Waals surface area contributed by atoms with Crippen LogP contribution >= 0.6 is 27.7 Å². The van der Waals surface area contributed by atoms with Gasteiger partial charge in [-0.2, -0.15) is 0 Å². The van der Waals surface area contributed by atoms with Crippen LogP contribution in [0.15, 0.2) is 64.1 Å². The molecule has 0 saturated heterocycles. The number of benzene rings is 2. The molecule has 0 atom stereocenters. The molecule has 3 rings (SSSR count). The van der Waals surface area contributed by atoms with Crippen molar-refractivity contribution in [3.63, 3.8) is 0 Å². The number of amides is 1. The molecule has 1 aliphatic rings. The van der Waals surface area contributed by atoms with E-state index in [1.807, 2.05) is 47.4 Å². The zero-order valence-corrected chi connectivity index (χ0v) is 15.0. The molecule has 0 N–H and O–H groups in total. The lowest BCUT2D eigenvalue weighted by Crippen LogP contribution is -2.34. The van der Waals surface area contributed by atoms with E-state index in [0.717, 1.165) is 21.0 Å². The number of thioether (sulfide) groups is 1. The van der Waals surface area contributed by atoms with Gasteiger partial charge in [-0.15, -0.1) is 0 Å². The van der Waals surface area contributed by atoms with Crippen LogP contribution in [0.5, 0.6) is 0 Å². The maximum absolute atomic E-state index is 12.5. The third-order valence-electron chi connectivity index (χ3n) is 3.58. The average molecular weight is 389 g/mol. The highest BCUT2D eigenvalue weighted by Gasteiger charge is 2.23. The Morgan fingerprint density at radius 3 is 2.57 bits per heavy atom. The number of amidine groups is 1. The summed E-state index contributed by atoms with van der Waals surface area (Å²) in [6, 6.07) is 18.1. The first-order chi connectivity index (χ1) is 11.2. The molecule has 1 amide bonds. The summed E-state index contributed by atoms with van der Waals surface area (Å²) in [5.41, 5.74) is 2.27. The molecule has 0 saturated carbocycles. The van der Waals surface area contributed by atoms with E-state index in [0.29, 0.717) is 19.5 Å². The molecule has 3 nitrogen and oxygen atoms in total. The molecule has 1 aliphatic heterocycles. The van der Waals surface area contributed by atoms with Crippen LogP contribution < -0.4 is 0 Å². The Kier molecular flexibility index (Phi) is 5.51. The minimum atomic E-state index is 0.121. The first-order valence-corrected chi connectivity index (χ1v) is 9.26. The smallest absolute Gasteiger partial charge is 0.233 e. The van der Waals surface area contributed by atoms with Crippen molar-refractivity contribution in [3.8, 4) is 0 Å². The number of rotatable bonds is 4. The maximum Gasteiger partial charge on any atom is 0.233 e. The van der Waals surface area contributed by atoms with Gasteiger partial charge in [0, 0.05) is 16.8 Å². The van der Waals surface area contributed by atoms with Gasteiger partial charge >= 0.3 is 0 Å². The lowest BCUT2D eigenvalue weighted by atomic mass is 10.1. The van der Waals surface area contributed by atoms with Gasteiger partial charge in [-0.25, -0.2) is 0 Å². The monoisotopic (exact) mass is 388 g/mol. The fraction of sp³-hybridized carbons (Fsp3) is 0.222. The quantitative estimate of drug-likeness (QED) is 0.788. The maximum atomic E-state index is 12.5. The molecule has 0 aromatic heterocycles. The Morgan fingerprint density at radius 2 is 1.83 bits per heavy atom. The van der Waals surface area contributed by atoms with E-state index in [2.05, 4.69) is 33.1 Å². The van der Waals surface area contributed by atoms with Gasteiger partial charge in [0.25, 0.3) is 0 Å². The molecule has 0 spiro atoms. The Bertz CT molecular complexity index is 701. The van der Waals surface area contributed by atoms with Crippen molar-refractivity contribution in [1.29, 1.82) is 0 Å². The molecule has 23 heavy (non-hydrogen) atoms. The van der Waals surface area contributed by atoms with Crippen LogP contribution in [0.25, 0.3) is 0 Å². The van der Waals surface area contributed by atoms with E-state index in [9.17, 15) is 4.79 Å². The normalized spacial score (nSPS) is 14.0. The predicted octanol–water partition coefficient (Wildman–Crippen LogP) is 4.12. The van der Waals surface area contributed by atoms with Crippen molar-refractivity contribution in [2.75, 3.05) is 13.1 Å². The Balaban J connectivity index is 1.59. The first-order valence-electron chi connectivity index (χ1n) is 7.48. The Hall–Kier alpha value is -1.59. The number of nitrogens with zero attached hydrogens (tertiary/aromatic N) is 2. The van der Waals surface area contributed by atoms with Crippen LogP contribution in [-0.4, -0.2) is 29.1 Å². The van der Waals surface area contributed by atoms with Crippen molar-refractivity contribution < 1.29 is 4.79 Å². The third kappa shape index (κ3) is 4.45. The van der Waals surface area contributed by atoms with Gasteiger partial charge in [0.05, 0.1) is 13.0 Å². The summed E-state index contributed by atoms with van der Waals surface area (Å²) in [6.45, 7) is 1.39. The van der Waals surface area contributed by atoms with Crippen molar-refractivity contribution in [1.82, 2.24) is 4.90 Å². The molecule has 0 aliphatic carbocycles. The van der Waals surface area contributed by atoms with Crippen LogP contribution in [0.1, 0.15) is 11.1 Å². The number of hydrogen-bond acceptors (Lipinski definition) is 3. The van der Waals surface area contributed by atoms with Crippen LogP contribution in [0.2, 0.25) is 0 Å². The van der Waals surface area contributed by atoms with Gasteiger partial charge < -0.3 is 0 Å². The lowest BCUT2D eigenvalue weighted by molar-refractivity contribution is -0.126. The van der Waals surface area contributed by atoms with Crippen LogP contribution in [0, 0.1) is 0 Å². The van der Waals surface area contributed by atoms with Crippen LogP contribution in [0.3, 0.4) is 0 Å². The zero-order valence-electron chi connectivity index (χ0n) is 12.6. The van der Waals surface area contributed by atoms with Crippen molar-refractivity contribution in [3.05, 3.63) is 70.2 Å². The largest absolute Gasteiger partial charge is 0.289 e. The Morgan fingerprint density at radius 1 is 1.09 bits per heavy atom. The Labute approximate surface area is 148 Å². The molecule has 0 unspecified atom stereocenters. The summed E-state index contributed by atoms with van der Waals surface area (Å²) in [5.74, 6) is 0.942. The fourth-order valence-electron chi connectivity index (χ4n) is 2.38. The van der Waals surface area contributed by atoms with E-state index in [1.54, 1.807) is 11.8 Å².